The van der Waals surface area contributed by atoms with Gasteiger partial charge in [-0.05, 0) is 28.1 Å². The summed E-state index contributed by atoms with van der Waals surface area (Å²) in [7, 11) is -3.82. The van der Waals surface area contributed by atoms with Gasteiger partial charge in [-0.1, -0.05) is 0 Å². The average Bonchev–Trinajstić information content (AvgIpc) is 2.98. The molecular weight excluding hydrogens is 352 g/mol. The number of hydrogen-bond acceptors (Lipinski definition) is 4. The second-order valence-corrected chi connectivity index (χ2v) is 6.33. The van der Waals surface area contributed by atoms with Crippen molar-refractivity contribution >= 4 is 31.9 Å². The Morgan fingerprint density at radius 2 is 2.05 bits per heavy atom. The minimum atomic E-state index is -3.82. The predicted molar refractivity (Wildman–Crippen MR) is 73.0 cm³/mol. The number of carbonyl (C=O) groups is 1. The van der Waals surface area contributed by atoms with Crippen LogP contribution >= 0.6 is 15.9 Å². The van der Waals surface area contributed by atoms with Crippen LogP contribution in [0.25, 0.3) is 0 Å². The van der Waals surface area contributed by atoms with Gasteiger partial charge >= 0.3 is 5.97 Å². The molecule has 2 heterocycles. The summed E-state index contributed by atoms with van der Waals surface area (Å²) in [6, 6.07) is 4.63. The molecule has 0 fully saturated rings. The monoisotopic (exact) mass is 362 g/mol. The first-order chi connectivity index (χ1) is 9.40. The molecule has 2 N–H and O–H groups in total. The van der Waals surface area contributed by atoms with Gasteiger partial charge in [0.15, 0.2) is 4.67 Å². The zero-order valence-corrected chi connectivity index (χ0v) is 12.5. The maximum absolute atomic E-state index is 12.0. The molecule has 2 aromatic rings. The summed E-state index contributed by atoms with van der Waals surface area (Å²) in [5, 5.41) is 8.76. The Bertz CT molecular complexity index is 705. The summed E-state index contributed by atoms with van der Waals surface area (Å²) in [5.74, 6) is -1.78. The molecule has 0 aliphatic carbocycles. The van der Waals surface area contributed by atoms with E-state index in [0.29, 0.717) is 6.54 Å². The highest BCUT2D eigenvalue weighted by atomic mass is 79.9. The molecule has 20 heavy (non-hydrogen) atoms. The van der Waals surface area contributed by atoms with E-state index >= 15 is 0 Å². The van der Waals surface area contributed by atoms with Gasteiger partial charge in [0, 0.05) is 31.5 Å². The molecule has 0 saturated carbocycles. The first-order valence-electron chi connectivity index (χ1n) is 5.53. The molecule has 7 nitrogen and oxygen atoms in total. The number of furan rings is 1. The Kier molecular flexibility index (Phi) is 4.31. The van der Waals surface area contributed by atoms with Crippen LogP contribution in [0.15, 0.2) is 44.6 Å². The summed E-state index contributed by atoms with van der Waals surface area (Å²) in [6.07, 6.45) is 3.62. The summed E-state index contributed by atoms with van der Waals surface area (Å²) in [6.45, 7) is 0.643. The molecule has 9 heteroatoms. The number of aromatic carboxylic acids is 1. The first-order valence-corrected chi connectivity index (χ1v) is 7.81. The van der Waals surface area contributed by atoms with Crippen molar-refractivity contribution < 1.29 is 22.7 Å². The van der Waals surface area contributed by atoms with Gasteiger partial charge in [-0.3, -0.25) is 0 Å². The predicted octanol–water partition coefficient (Wildman–Crippen LogP) is 1.52. The summed E-state index contributed by atoms with van der Waals surface area (Å²) in [5.41, 5.74) is 0. The van der Waals surface area contributed by atoms with Crippen molar-refractivity contribution in [1.29, 1.82) is 0 Å². The molecular formula is C11H11BrN2O5S. The van der Waals surface area contributed by atoms with E-state index < -0.39 is 21.8 Å². The summed E-state index contributed by atoms with van der Waals surface area (Å²) in [4.78, 5) is 10.5. The highest BCUT2D eigenvalue weighted by Crippen LogP contribution is 2.25. The van der Waals surface area contributed by atoms with E-state index in [4.69, 9.17) is 9.52 Å². The van der Waals surface area contributed by atoms with Gasteiger partial charge in [-0.2, -0.15) is 0 Å². The van der Waals surface area contributed by atoms with Crippen molar-refractivity contribution in [3.8, 4) is 0 Å². The fraction of sp³-hybridized carbons (Fsp3) is 0.182. The minimum Gasteiger partial charge on any atom is -0.475 e. The lowest BCUT2D eigenvalue weighted by atomic mass is 10.5. The Hall–Kier alpha value is -1.58. The van der Waals surface area contributed by atoms with Crippen molar-refractivity contribution in [3.63, 3.8) is 0 Å². The Morgan fingerprint density at radius 1 is 1.40 bits per heavy atom. The van der Waals surface area contributed by atoms with Gasteiger partial charge in [0.1, 0.15) is 4.90 Å². The second-order valence-electron chi connectivity index (χ2n) is 3.87. The van der Waals surface area contributed by atoms with Crippen molar-refractivity contribution in [2.75, 3.05) is 6.54 Å². The van der Waals surface area contributed by atoms with E-state index in [9.17, 15) is 13.2 Å². The third kappa shape index (κ3) is 3.30. The van der Waals surface area contributed by atoms with Gasteiger partial charge in [-0.25, -0.2) is 17.9 Å². The van der Waals surface area contributed by atoms with E-state index in [2.05, 4.69) is 20.7 Å². The zero-order chi connectivity index (χ0) is 14.8. The van der Waals surface area contributed by atoms with Crippen molar-refractivity contribution in [1.82, 2.24) is 9.29 Å². The Balaban J connectivity index is 2.08. The lowest BCUT2D eigenvalue weighted by Crippen LogP contribution is -2.27. The number of rotatable bonds is 6. The molecule has 2 rings (SSSR count). The number of nitrogens with zero attached hydrogens (tertiary/aromatic N) is 1. The number of carboxylic acids is 1. The largest absolute Gasteiger partial charge is 0.475 e. The van der Waals surface area contributed by atoms with Gasteiger partial charge in [-0.15, -0.1) is 0 Å². The lowest BCUT2D eigenvalue weighted by Gasteiger charge is -2.05. The maximum atomic E-state index is 12.0. The molecule has 0 unspecified atom stereocenters. The number of aromatic nitrogens is 1. The van der Waals surface area contributed by atoms with Crippen LogP contribution in [0.4, 0.5) is 0 Å². The number of carboxylic acid groups (broad SMARTS) is 1. The standard InChI is InChI=1S/C11H11BrN2O5S/c12-10-9(7-8(19-10)11(15)16)20(17,18)13-3-6-14-4-1-2-5-14/h1-2,4-5,7,13H,3,6H2,(H,15,16). The number of nitrogens with one attached hydrogen (secondary N) is 1. The van der Waals surface area contributed by atoms with Crippen LogP contribution in [-0.2, 0) is 16.6 Å². The fourth-order valence-corrected chi connectivity index (χ4v) is 3.51. The van der Waals surface area contributed by atoms with Gasteiger partial charge < -0.3 is 14.1 Å². The molecule has 0 aromatic carbocycles. The molecule has 0 saturated heterocycles. The van der Waals surface area contributed by atoms with Crippen LogP contribution < -0.4 is 4.72 Å². The van der Waals surface area contributed by atoms with Crippen LogP contribution in [0.5, 0.6) is 0 Å². The van der Waals surface area contributed by atoms with Crippen molar-refractivity contribution in [3.05, 3.63) is 41.0 Å². The third-order valence-electron chi connectivity index (χ3n) is 2.48. The van der Waals surface area contributed by atoms with Crippen LogP contribution in [0.1, 0.15) is 10.6 Å². The minimum absolute atomic E-state index is 0.136. The molecule has 0 spiro atoms. The average molecular weight is 363 g/mol. The zero-order valence-electron chi connectivity index (χ0n) is 10.1. The smallest absolute Gasteiger partial charge is 0.371 e. The SMILES string of the molecule is O=C(O)c1cc(S(=O)(=O)NCCn2cccc2)c(Br)o1. The van der Waals surface area contributed by atoms with Crippen molar-refractivity contribution in [2.45, 2.75) is 11.4 Å². The lowest BCUT2D eigenvalue weighted by molar-refractivity contribution is 0.0661. The van der Waals surface area contributed by atoms with Crippen molar-refractivity contribution in [2.24, 2.45) is 0 Å². The van der Waals surface area contributed by atoms with E-state index in [-0.39, 0.29) is 16.1 Å². The van der Waals surface area contributed by atoms with E-state index in [0.717, 1.165) is 6.07 Å². The second kappa shape index (κ2) is 5.81. The van der Waals surface area contributed by atoms with E-state index in [1.165, 1.54) is 0 Å². The first kappa shape index (κ1) is 14.8. The highest BCUT2D eigenvalue weighted by molar-refractivity contribution is 9.10. The third-order valence-corrected chi connectivity index (χ3v) is 4.80. The number of hydrogen-bond donors (Lipinski definition) is 2. The van der Waals surface area contributed by atoms with Gasteiger partial charge in [0.2, 0.25) is 15.8 Å². The molecule has 2 aromatic heterocycles. The molecule has 0 aliphatic rings. The van der Waals surface area contributed by atoms with Gasteiger partial charge in [0.25, 0.3) is 0 Å². The van der Waals surface area contributed by atoms with Crippen LogP contribution in [0.3, 0.4) is 0 Å². The molecule has 108 valence electrons. The molecule has 0 aliphatic heterocycles. The van der Waals surface area contributed by atoms with Crippen LogP contribution in [0, 0.1) is 0 Å². The number of sulfonamides is 1. The highest BCUT2D eigenvalue weighted by Gasteiger charge is 2.24. The van der Waals surface area contributed by atoms with Crippen LogP contribution in [0.2, 0.25) is 0 Å². The number of halogens is 1. The van der Waals surface area contributed by atoms with Crippen LogP contribution in [-0.4, -0.2) is 30.6 Å². The fourth-order valence-electron chi connectivity index (χ4n) is 1.55. The Morgan fingerprint density at radius 3 is 2.60 bits per heavy atom. The molecule has 0 atom stereocenters. The normalized spacial score (nSPS) is 11.7. The van der Waals surface area contributed by atoms with Gasteiger partial charge in [0.05, 0.1) is 0 Å². The summed E-state index contributed by atoms with van der Waals surface area (Å²) >= 11 is 2.90. The summed E-state index contributed by atoms with van der Waals surface area (Å²) < 4.78 is 32.9. The van der Waals surface area contributed by atoms with E-state index in [1.807, 2.05) is 29.1 Å². The molecule has 0 amide bonds. The molecule has 0 bridgehead atoms. The maximum Gasteiger partial charge on any atom is 0.371 e. The van der Waals surface area contributed by atoms with E-state index in [1.54, 1.807) is 0 Å². The quantitative estimate of drug-likeness (QED) is 0.810. The molecule has 0 radical (unpaired) electrons. The topological polar surface area (TPSA) is 102 Å². The Labute approximate surface area is 123 Å².